The Morgan fingerprint density at radius 2 is 1.96 bits per heavy atom. The molecule has 1 aromatic carbocycles. The van der Waals surface area contributed by atoms with Crippen LogP contribution in [0.4, 0.5) is 0 Å². The number of benzene rings is 1. The number of halogens is 1. The zero-order valence-electron chi connectivity index (χ0n) is 12.7. The molecule has 2 aromatic rings. The molecule has 1 heterocycles. The van der Waals surface area contributed by atoms with E-state index in [0.29, 0.717) is 22.2 Å². The number of thiophene rings is 1. The van der Waals surface area contributed by atoms with Crippen LogP contribution >= 0.6 is 22.9 Å². The van der Waals surface area contributed by atoms with E-state index in [1.165, 1.54) is 30.6 Å². The van der Waals surface area contributed by atoms with Gasteiger partial charge in [0.2, 0.25) is 0 Å². The van der Waals surface area contributed by atoms with Gasteiger partial charge < -0.3 is 4.74 Å². The Bertz CT molecular complexity index is 783. The van der Waals surface area contributed by atoms with Crippen LogP contribution in [0.25, 0.3) is 0 Å². The van der Waals surface area contributed by atoms with E-state index < -0.39 is 10.0 Å². The predicted octanol–water partition coefficient (Wildman–Crippen LogP) is 3.89. The maximum Gasteiger partial charge on any atom is 0.276 e. The number of ether oxygens (including phenoxy) is 1. The first-order chi connectivity index (χ1) is 11.0. The Morgan fingerprint density at radius 3 is 2.48 bits per heavy atom. The van der Waals surface area contributed by atoms with E-state index in [2.05, 4.69) is 9.93 Å². The van der Waals surface area contributed by atoms with E-state index in [-0.39, 0.29) is 4.90 Å². The molecule has 0 amide bonds. The Morgan fingerprint density at radius 1 is 1.26 bits per heavy atom. The summed E-state index contributed by atoms with van der Waals surface area (Å²) in [6.45, 7) is 2.00. The second kappa shape index (κ2) is 7.81. The number of nitrogens with zero attached hydrogens (tertiary/aromatic N) is 1. The van der Waals surface area contributed by atoms with Crippen molar-refractivity contribution in [2.24, 2.45) is 5.10 Å². The first-order valence-corrected chi connectivity index (χ1v) is 9.62. The molecule has 0 saturated heterocycles. The summed E-state index contributed by atoms with van der Waals surface area (Å²) in [6, 6.07) is 9.72. The fourth-order valence-corrected chi connectivity index (χ4v) is 3.75. The molecule has 0 bridgehead atoms. The number of hydrogen-bond acceptors (Lipinski definition) is 5. The molecule has 0 aliphatic rings. The van der Waals surface area contributed by atoms with Crippen molar-refractivity contribution in [1.82, 2.24) is 4.83 Å². The van der Waals surface area contributed by atoms with Gasteiger partial charge in [0, 0.05) is 0 Å². The molecule has 124 valence electrons. The Kier molecular flexibility index (Phi) is 6.04. The average Bonchev–Trinajstić information content (AvgIpc) is 2.98. The Labute approximate surface area is 145 Å². The lowest BCUT2D eigenvalue weighted by Gasteiger charge is -2.07. The largest absolute Gasteiger partial charge is 0.497 e. The zero-order chi connectivity index (χ0) is 16.9. The minimum Gasteiger partial charge on any atom is -0.497 e. The smallest absolute Gasteiger partial charge is 0.276 e. The lowest BCUT2D eigenvalue weighted by molar-refractivity contribution is 0.414. The standard InChI is InChI=1S/C15H17ClN2O3S2/c1-3-4-13(14-9-10-15(16)22-14)17-18-23(19,20)12-7-5-11(21-2)6-8-12/h5-10,18H,3-4H2,1-2H3/b17-13-. The van der Waals surface area contributed by atoms with Crippen molar-refractivity contribution in [1.29, 1.82) is 0 Å². The third-order valence-corrected chi connectivity index (χ3v) is 5.52. The molecule has 0 aliphatic carbocycles. The van der Waals surface area contributed by atoms with Crippen molar-refractivity contribution in [2.75, 3.05) is 7.11 Å². The average molecular weight is 373 g/mol. The van der Waals surface area contributed by atoms with Gasteiger partial charge in [-0.1, -0.05) is 24.9 Å². The molecule has 0 radical (unpaired) electrons. The highest BCUT2D eigenvalue weighted by atomic mass is 35.5. The SMILES string of the molecule is CCC/C(=N/NS(=O)(=O)c1ccc(OC)cc1)c1ccc(Cl)s1. The number of hydrazone groups is 1. The Balaban J connectivity index is 2.22. The van der Waals surface area contributed by atoms with E-state index in [1.54, 1.807) is 18.2 Å². The van der Waals surface area contributed by atoms with Gasteiger partial charge in [-0.25, -0.2) is 0 Å². The molecule has 0 atom stereocenters. The van der Waals surface area contributed by atoms with Crippen LogP contribution in [0.1, 0.15) is 24.6 Å². The fourth-order valence-electron chi connectivity index (χ4n) is 1.86. The van der Waals surface area contributed by atoms with Crippen molar-refractivity contribution in [3.05, 3.63) is 45.6 Å². The minimum absolute atomic E-state index is 0.127. The second-order valence-electron chi connectivity index (χ2n) is 4.68. The number of rotatable bonds is 7. The van der Waals surface area contributed by atoms with Crippen LogP contribution in [0.5, 0.6) is 5.75 Å². The van der Waals surface area contributed by atoms with Gasteiger partial charge in [0.15, 0.2) is 0 Å². The van der Waals surface area contributed by atoms with E-state index >= 15 is 0 Å². The quantitative estimate of drug-likeness (QED) is 0.592. The highest BCUT2D eigenvalue weighted by molar-refractivity contribution is 7.89. The van der Waals surface area contributed by atoms with Crippen LogP contribution in [0.15, 0.2) is 46.4 Å². The summed E-state index contributed by atoms with van der Waals surface area (Å²) in [4.78, 5) is 3.27. The summed E-state index contributed by atoms with van der Waals surface area (Å²) in [5.74, 6) is 0.590. The lowest BCUT2D eigenvalue weighted by Crippen LogP contribution is -2.20. The number of methoxy groups -OCH3 is 1. The van der Waals surface area contributed by atoms with Gasteiger partial charge in [-0.15, -0.1) is 11.3 Å². The highest BCUT2D eigenvalue weighted by Gasteiger charge is 2.14. The molecule has 0 fully saturated rings. The molecular formula is C15H17ClN2O3S2. The molecule has 8 heteroatoms. The van der Waals surface area contributed by atoms with Crippen LogP contribution in [-0.2, 0) is 10.0 Å². The van der Waals surface area contributed by atoms with Gasteiger partial charge in [-0.05, 0) is 42.8 Å². The van der Waals surface area contributed by atoms with Gasteiger partial charge in [0.1, 0.15) is 5.75 Å². The van der Waals surface area contributed by atoms with Gasteiger partial charge in [0.05, 0.1) is 26.9 Å². The third kappa shape index (κ3) is 4.70. The van der Waals surface area contributed by atoms with Gasteiger partial charge in [-0.3, -0.25) is 0 Å². The van der Waals surface area contributed by atoms with E-state index in [0.717, 1.165) is 11.3 Å². The predicted molar refractivity (Wildman–Crippen MR) is 94.1 cm³/mol. The second-order valence-corrected chi connectivity index (χ2v) is 8.06. The molecule has 0 saturated carbocycles. The van der Waals surface area contributed by atoms with Crippen molar-refractivity contribution >= 4 is 38.7 Å². The molecule has 23 heavy (non-hydrogen) atoms. The first kappa shape index (κ1) is 17.8. The summed E-state index contributed by atoms with van der Waals surface area (Å²) in [6.07, 6.45) is 1.50. The van der Waals surface area contributed by atoms with Crippen LogP contribution in [0, 0.1) is 0 Å². The van der Waals surface area contributed by atoms with Gasteiger partial charge in [0.25, 0.3) is 10.0 Å². The number of sulfonamides is 1. The van der Waals surface area contributed by atoms with Gasteiger partial charge in [-0.2, -0.15) is 18.4 Å². The maximum atomic E-state index is 12.3. The van der Waals surface area contributed by atoms with E-state index in [4.69, 9.17) is 16.3 Å². The van der Waals surface area contributed by atoms with Crippen molar-refractivity contribution in [3.8, 4) is 5.75 Å². The molecule has 5 nitrogen and oxygen atoms in total. The summed E-state index contributed by atoms with van der Waals surface area (Å²) in [5.41, 5.74) is 0.668. The van der Waals surface area contributed by atoms with Crippen molar-refractivity contribution < 1.29 is 13.2 Å². The van der Waals surface area contributed by atoms with E-state index in [9.17, 15) is 8.42 Å². The van der Waals surface area contributed by atoms with Crippen LogP contribution < -0.4 is 9.57 Å². The molecule has 1 aromatic heterocycles. The highest BCUT2D eigenvalue weighted by Crippen LogP contribution is 2.23. The molecule has 1 N–H and O–H groups in total. The zero-order valence-corrected chi connectivity index (χ0v) is 15.1. The summed E-state index contributed by atoms with van der Waals surface area (Å²) >= 11 is 7.30. The Hall–Kier alpha value is -1.57. The molecule has 0 aliphatic heterocycles. The van der Waals surface area contributed by atoms with Crippen molar-refractivity contribution in [3.63, 3.8) is 0 Å². The normalized spacial score (nSPS) is 12.2. The van der Waals surface area contributed by atoms with E-state index in [1.807, 2.05) is 13.0 Å². The van der Waals surface area contributed by atoms with Crippen molar-refractivity contribution in [2.45, 2.75) is 24.7 Å². The molecule has 0 unspecified atom stereocenters. The summed E-state index contributed by atoms with van der Waals surface area (Å²) < 4.78 is 30.2. The van der Waals surface area contributed by atoms with Gasteiger partial charge >= 0.3 is 0 Å². The molecule has 0 spiro atoms. The summed E-state index contributed by atoms with van der Waals surface area (Å²) in [7, 11) is -2.20. The van der Waals surface area contributed by atoms with Crippen LogP contribution in [0.2, 0.25) is 4.34 Å². The summed E-state index contributed by atoms with van der Waals surface area (Å²) in [5, 5.41) is 4.09. The number of nitrogens with one attached hydrogen (secondary N) is 1. The maximum absolute atomic E-state index is 12.3. The topological polar surface area (TPSA) is 67.8 Å². The monoisotopic (exact) mass is 372 g/mol. The number of hydrogen-bond donors (Lipinski definition) is 1. The van der Waals surface area contributed by atoms with Crippen LogP contribution in [-0.4, -0.2) is 21.2 Å². The molecule has 2 rings (SSSR count). The third-order valence-electron chi connectivity index (χ3n) is 3.01. The lowest BCUT2D eigenvalue weighted by atomic mass is 10.2. The fraction of sp³-hybridized carbons (Fsp3) is 0.267. The first-order valence-electron chi connectivity index (χ1n) is 6.94. The van der Waals surface area contributed by atoms with Crippen LogP contribution in [0.3, 0.4) is 0 Å². The molecular weight excluding hydrogens is 356 g/mol. The minimum atomic E-state index is -3.72.